The van der Waals surface area contributed by atoms with Crippen LogP contribution in [0.1, 0.15) is 28.0 Å². The molecule has 150 valence electrons. The van der Waals surface area contributed by atoms with Gasteiger partial charge in [0.15, 0.2) is 5.17 Å². The van der Waals surface area contributed by atoms with Crippen molar-refractivity contribution >= 4 is 40.1 Å². The summed E-state index contributed by atoms with van der Waals surface area (Å²) in [4.78, 5) is 21.2. The molecule has 0 radical (unpaired) electrons. The van der Waals surface area contributed by atoms with Gasteiger partial charge in [-0.3, -0.25) is 9.79 Å². The number of nitrogens with one attached hydrogen (secondary N) is 1. The molecule has 1 spiro atoms. The Morgan fingerprint density at radius 3 is 3.03 bits per heavy atom. The number of benzene rings is 1. The molecule has 1 amide bonds. The number of amides is 1. The maximum absolute atomic E-state index is 14.7. The topological polar surface area (TPSA) is 89.6 Å². The number of aliphatic imine (C=N–C) groups is 1. The van der Waals surface area contributed by atoms with Gasteiger partial charge in [0.2, 0.25) is 0 Å². The quantitative estimate of drug-likeness (QED) is 0.773. The van der Waals surface area contributed by atoms with E-state index in [1.807, 2.05) is 0 Å². The maximum atomic E-state index is 14.7. The highest BCUT2D eigenvalue weighted by molar-refractivity contribution is 8.15. The standard InChI is InChI=1S/C20H18ClFN4O2S/c1-28-9-19-7-16(19)20(26-18(23)29-19)6-12-13(20)4-11(5-14(12)22)25-17(27)15-3-2-10(21)8-24-15/h2-5,8,16H,6-7,9H2,1H3,(H2,23,26)(H,25,27)/t16-,19-,20-/m1/s1. The molecule has 3 N–H and O–H groups in total. The lowest BCUT2D eigenvalue weighted by atomic mass is 9.67. The average molecular weight is 433 g/mol. The van der Waals surface area contributed by atoms with Crippen LogP contribution in [0, 0.1) is 11.7 Å². The van der Waals surface area contributed by atoms with E-state index in [1.165, 1.54) is 18.3 Å². The summed E-state index contributed by atoms with van der Waals surface area (Å²) in [5.41, 5.74) is 7.59. The normalized spacial score (nSPS) is 28.8. The Morgan fingerprint density at radius 2 is 2.31 bits per heavy atom. The molecule has 2 aromatic rings. The third kappa shape index (κ3) is 2.85. The minimum Gasteiger partial charge on any atom is -0.383 e. The fourth-order valence-corrected chi connectivity index (χ4v) is 6.09. The highest BCUT2D eigenvalue weighted by atomic mass is 35.5. The molecule has 5 rings (SSSR count). The molecule has 3 aliphatic rings. The highest BCUT2D eigenvalue weighted by Crippen LogP contribution is 2.69. The number of carbonyl (C=O) groups is 1. The van der Waals surface area contributed by atoms with Crippen LogP contribution in [0.4, 0.5) is 10.1 Å². The molecule has 2 aliphatic carbocycles. The number of ether oxygens (including phenoxy) is 1. The fourth-order valence-electron chi connectivity index (χ4n) is 4.59. The Hall–Kier alpha value is -2.16. The van der Waals surface area contributed by atoms with Gasteiger partial charge in [-0.15, -0.1) is 0 Å². The summed E-state index contributed by atoms with van der Waals surface area (Å²) in [6.07, 6.45) is 2.82. The van der Waals surface area contributed by atoms with Gasteiger partial charge in [-0.25, -0.2) is 9.37 Å². The van der Waals surface area contributed by atoms with E-state index in [0.717, 1.165) is 12.0 Å². The van der Waals surface area contributed by atoms with Gasteiger partial charge in [0.05, 0.1) is 21.9 Å². The van der Waals surface area contributed by atoms with Crippen LogP contribution in [0.25, 0.3) is 0 Å². The van der Waals surface area contributed by atoms with Gasteiger partial charge in [0, 0.05) is 31.3 Å². The van der Waals surface area contributed by atoms with Crippen molar-refractivity contribution in [1.82, 2.24) is 4.98 Å². The second-order valence-corrected chi connectivity index (χ2v) is 9.58. The van der Waals surface area contributed by atoms with Crippen LogP contribution >= 0.6 is 23.4 Å². The molecular weight excluding hydrogens is 415 g/mol. The minimum absolute atomic E-state index is 0.0960. The van der Waals surface area contributed by atoms with Gasteiger partial charge in [-0.1, -0.05) is 23.4 Å². The van der Waals surface area contributed by atoms with Crippen molar-refractivity contribution in [1.29, 1.82) is 0 Å². The molecule has 9 heteroatoms. The van der Waals surface area contributed by atoms with Gasteiger partial charge >= 0.3 is 0 Å². The fraction of sp³-hybridized carbons (Fsp3) is 0.350. The van der Waals surface area contributed by atoms with E-state index >= 15 is 0 Å². The number of hydrogen-bond acceptors (Lipinski definition) is 6. The average Bonchev–Trinajstić information content (AvgIpc) is 3.37. The Morgan fingerprint density at radius 1 is 1.48 bits per heavy atom. The first-order valence-corrected chi connectivity index (χ1v) is 10.4. The van der Waals surface area contributed by atoms with Gasteiger partial charge in [-0.2, -0.15) is 0 Å². The molecule has 0 unspecified atom stereocenters. The monoisotopic (exact) mass is 432 g/mol. The van der Waals surface area contributed by atoms with E-state index in [4.69, 9.17) is 27.1 Å². The van der Waals surface area contributed by atoms with Crippen molar-refractivity contribution in [3.8, 4) is 0 Å². The summed E-state index contributed by atoms with van der Waals surface area (Å²) < 4.78 is 20.0. The van der Waals surface area contributed by atoms with Crippen LogP contribution < -0.4 is 11.1 Å². The number of fused-ring (bicyclic) bond motifs is 4. The zero-order valence-corrected chi connectivity index (χ0v) is 17.1. The summed E-state index contributed by atoms with van der Waals surface area (Å²) in [5.74, 6) is -0.544. The Kier molecular flexibility index (Phi) is 4.17. The van der Waals surface area contributed by atoms with Crippen molar-refractivity contribution in [2.45, 2.75) is 23.1 Å². The third-order valence-corrected chi connectivity index (χ3v) is 7.43. The Labute approximate surface area is 176 Å². The van der Waals surface area contributed by atoms with E-state index in [2.05, 4.69) is 10.3 Å². The number of aromatic nitrogens is 1. The number of rotatable bonds is 4. The van der Waals surface area contributed by atoms with E-state index < -0.39 is 11.4 Å². The SMILES string of the molecule is COC[C@]12C[C@H]1[C@]1(Cc3c(F)cc(NC(=O)c4ccc(Cl)cn4)cc31)N=C(N)S2. The van der Waals surface area contributed by atoms with Gasteiger partial charge < -0.3 is 15.8 Å². The molecule has 0 saturated heterocycles. The Balaban J connectivity index is 1.47. The number of hydrogen-bond donors (Lipinski definition) is 2. The molecule has 0 bridgehead atoms. The molecule has 1 aromatic heterocycles. The lowest BCUT2D eigenvalue weighted by molar-refractivity contribution is 0.102. The first kappa shape index (κ1) is 18.8. The molecule has 6 nitrogen and oxygen atoms in total. The van der Waals surface area contributed by atoms with Crippen LogP contribution in [-0.2, 0) is 16.7 Å². The van der Waals surface area contributed by atoms with Crippen LogP contribution in [0.3, 0.4) is 0 Å². The summed E-state index contributed by atoms with van der Waals surface area (Å²) in [6, 6.07) is 6.23. The third-order valence-electron chi connectivity index (χ3n) is 5.93. The zero-order valence-electron chi connectivity index (χ0n) is 15.5. The van der Waals surface area contributed by atoms with Gasteiger partial charge in [0.25, 0.3) is 5.91 Å². The molecule has 1 saturated carbocycles. The van der Waals surface area contributed by atoms with Crippen molar-refractivity contribution in [3.05, 3.63) is 58.1 Å². The number of anilines is 1. The van der Waals surface area contributed by atoms with Crippen LogP contribution in [0.2, 0.25) is 5.02 Å². The summed E-state index contributed by atoms with van der Waals surface area (Å²) >= 11 is 7.36. The van der Waals surface area contributed by atoms with Crippen LogP contribution in [0.15, 0.2) is 35.5 Å². The second kappa shape index (κ2) is 6.42. The number of halogens is 2. The first-order chi connectivity index (χ1) is 13.9. The minimum atomic E-state index is -0.538. The number of nitrogens with zero attached hydrogens (tertiary/aromatic N) is 2. The summed E-state index contributed by atoms with van der Waals surface area (Å²) in [5, 5.41) is 3.66. The van der Waals surface area contributed by atoms with E-state index in [9.17, 15) is 9.18 Å². The smallest absolute Gasteiger partial charge is 0.274 e. The van der Waals surface area contributed by atoms with Gasteiger partial charge in [-0.05, 0) is 41.8 Å². The van der Waals surface area contributed by atoms with Gasteiger partial charge in [0.1, 0.15) is 11.5 Å². The molecule has 3 atom stereocenters. The van der Waals surface area contributed by atoms with E-state index in [0.29, 0.717) is 34.5 Å². The predicted octanol–water partition coefficient (Wildman–Crippen LogP) is 3.34. The largest absolute Gasteiger partial charge is 0.383 e. The summed E-state index contributed by atoms with van der Waals surface area (Å²) in [7, 11) is 1.67. The molecule has 1 aliphatic heterocycles. The molecule has 1 fully saturated rings. The lowest BCUT2D eigenvalue weighted by Crippen LogP contribution is -2.47. The number of amidine groups is 1. The van der Waals surface area contributed by atoms with Crippen LogP contribution in [-0.4, -0.2) is 34.5 Å². The van der Waals surface area contributed by atoms with Crippen molar-refractivity contribution < 1.29 is 13.9 Å². The van der Waals surface area contributed by atoms with E-state index in [-0.39, 0.29) is 22.2 Å². The number of thioether (sulfide) groups is 1. The highest BCUT2D eigenvalue weighted by Gasteiger charge is 2.70. The zero-order chi connectivity index (χ0) is 20.4. The van der Waals surface area contributed by atoms with Crippen LogP contribution in [0.5, 0.6) is 0 Å². The second-order valence-electron chi connectivity index (χ2n) is 7.71. The molecular formula is C20H18ClFN4O2S. The maximum Gasteiger partial charge on any atom is 0.274 e. The number of methoxy groups -OCH3 is 1. The predicted molar refractivity (Wildman–Crippen MR) is 111 cm³/mol. The molecule has 29 heavy (non-hydrogen) atoms. The summed E-state index contributed by atoms with van der Waals surface area (Å²) in [6.45, 7) is 0.580. The van der Waals surface area contributed by atoms with Crippen molar-refractivity contribution in [2.24, 2.45) is 16.6 Å². The first-order valence-electron chi connectivity index (χ1n) is 9.16. The number of nitrogens with two attached hydrogens (primary N) is 1. The van der Waals surface area contributed by atoms with E-state index in [1.54, 1.807) is 31.0 Å². The Bertz CT molecular complexity index is 1060. The number of pyridine rings is 1. The molecule has 1 aromatic carbocycles. The molecule has 2 heterocycles. The number of carbonyl (C=O) groups excluding carboxylic acids is 1. The van der Waals surface area contributed by atoms with Crippen molar-refractivity contribution in [3.63, 3.8) is 0 Å². The lowest BCUT2D eigenvalue weighted by Gasteiger charge is -2.45. The van der Waals surface area contributed by atoms with Crippen molar-refractivity contribution in [2.75, 3.05) is 19.0 Å².